The fraction of sp³-hybridized carbons (Fsp3) is 0.125. The Labute approximate surface area is 148 Å². The molecule has 0 radical (unpaired) electrons. The van der Waals surface area contributed by atoms with Crippen molar-refractivity contribution in [1.82, 2.24) is 4.98 Å². The van der Waals surface area contributed by atoms with E-state index in [-0.39, 0.29) is 4.90 Å². The number of hydrogen-bond acceptors (Lipinski definition) is 4. The summed E-state index contributed by atoms with van der Waals surface area (Å²) in [5.74, 6) is 0. The molecule has 122 valence electrons. The number of aryl methyl sites for hydroxylation is 2. The minimum absolute atomic E-state index is 0.0638. The van der Waals surface area contributed by atoms with Crippen LogP contribution in [-0.4, -0.2) is 13.4 Å². The summed E-state index contributed by atoms with van der Waals surface area (Å²) in [6, 6.07) is 7.65. The highest BCUT2D eigenvalue weighted by Gasteiger charge is 2.20. The highest BCUT2D eigenvalue weighted by atomic mass is 35.5. The van der Waals surface area contributed by atoms with E-state index in [1.165, 1.54) is 23.5 Å². The largest absolute Gasteiger partial charge is 0.280 e. The Balaban J connectivity index is 2.18. The van der Waals surface area contributed by atoms with E-state index in [0.29, 0.717) is 32.3 Å². The molecule has 2 heterocycles. The standard InChI is InChI=1S/C16H12ClN3O2S2/c1-9-7-13(14-15(18-3)10(2)23-16(14)19-9)20-24(21,22)12-6-4-5-11(17)8-12/h4-8H,1-2H3,(H,19,20). The Kier molecular flexibility index (Phi) is 4.22. The van der Waals surface area contributed by atoms with Gasteiger partial charge in [0, 0.05) is 21.0 Å². The zero-order chi connectivity index (χ0) is 17.5. The number of fused-ring (bicyclic) bond motifs is 1. The molecular weight excluding hydrogens is 366 g/mol. The molecule has 0 bridgehead atoms. The monoisotopic (exact) mass is 377 g/mol. The van der Waals surface area contributed by atoms with E-state index in [0.717, 1.165) is 4.88 Å². The lowest BCUT2D eigenvalue weighted by Gasteiger charge is -2.11. The van der Waals surface area contributed by atoms with Crippen molar-refractivity contribution in [3.8, 4) is 0 Å². The van der Waals surface area contributed by atoms with Crippen molar-refractivity contribution in [2.24, 2.45) is 0 Å². The smallest absolute Gasteiger partial charge is 0.261 e. The number of aromatic nitrogens is 1. The van der Waals surface area contributed by atoms with E-state index in [4.69, 9.17) is 18.2 Å². The molecule has 0 aliphatic heterocycles. The molecule has 0 amide bonds. The van der Waals surface area contributed by atoms with Crippen molar-refractivity contribution in [3.63, 3.8) is 0 Å². The van der Waals surface area contributed by atoms with Gasteiger partial charge in [-0.2, -0.15) is 0 Å². The zero-order valence-corrected chi connectivity index (χ0v) is 15.2. The number of anilines is 1. The average molecular weight is 378 g/mol. The Hall–Kier alpha value is -2.14. The van der Waals surface area contributed by atoms with Crippen LogP contribution in [0.2, 0.25) is 5.02 Å². The summed E-state index contributed by atoms with van der Waals surface area (Å²) in [4.78, 5) is 9.44. The van der Waals surface area contributed by atoms with E-state index in [2.05, 4.69) is 14.6 Å². The average Bonchev–Trinajstić information content (AvgIpc) is 2.82. The molecule has 24 heavy (non-hydrogen) atoms. The predicted octanol–water partition coefficient (Wildman–Crippen LogP) is 4.92. The maximum Gasteiger partial charge on any atom is 0.261 e. The third-order valence-corrected chi connectivity index (χ3v) is 5.98. The minimum Gasteiger partial charge on any atom is -0.280 e. The van der Waals surface area contributed by atoms with Gasteiger partial charge in [0.25, 0.3) is 10.0 Å². The van der Waals surface area contributed by atoms with Crippen LogP contribution in [0.25, 0.3) is 15.1 Å². The van der Waals surface area contributed by atoms with E-state index >= 15 is 0 Å². The summed E-state index contributed by atoms with van der Waals surface area (Å²) in [5.41, 5.74) is 1.45. The summed E-state index contributed by atoms with van der Waals surface area (Å²) in [7, 11) is -3.82. The van der Waals surface area contributed by atoms with Gasteiger partial charge in [0.15, 0.2) is 0 Å². The fourth-order valence-electron chi connectivity index (χ4n) is 2.37. The van der Waals surface area contributed by atoms with Gasteiger partial charge in [-0.05, 0) is 38.1 Å². The molecule has 0 aliphatic carbocycles. The zero-order valence-electron chi connectivity index (χ0n) is 12.8. The number of benzene rings is 1. The van der Waals surface area contributed by atoms with Gasteiger partial charge in [0.2, 0.25) is 5.69 Å². The molecule has 0 spiro atoms. The molecule has 5 nitrogen and oxygen atoms in total. The second-order valence-corrected chi connectivity index (χ2v) is 8.49. The first-order chi connectivity index (χ1) is 11.3. The third kappa shape index (κ3) is 2.96. The van der Waals surface area contributed by atoms with Crippen molar-refractivity contribution in [2.45, 2.75) is 18.7 Å². The van der Waals surface area contributed by atoms with Gasteiger partial charge in [0.05, 0.1) is 17.2 Å². The molecule has 0 saturated carbocycles. The minimum atomic E-state index is -3.82. The third-order valence-electron chi connectivity index (χ3n) is 3.40. The van der Waals surface area contributed by atoms with Crippen LogP contribution in [0, 0.1) is 20.4 Å². The van der Waals surface area contributed by atoms with E-state index < -0.39 is 10.0 Å². The van der Waals surface area contributed by atoms with Crippen molar-refractivity contribution in [2.75, 3.05) is 4.72 Å². The molecule has 2 aromatic heterocycles. The van der Waals surface area contributed by atoms with Crippen LogP contribution in [-0.2, 0) is 10.0 Å². The summed E-state index contributed by atoms with van der Waals surface area (Å²) in [5, 5.41) is 0.867. The molecule has 1 aromatic carbocycles. The number of halogens is 1. The van der Waals surface area contributed by atoms with Crippen molar-refractivity contribution < 1.29 is 8.42 Å². The van der Waals surface area contributed by atoms with Crippen molar-refractivity contribution in [1.29, 1.82) is 0 Å². The van der Waals surface area contributed by atoms with Gasteiger partial charge in [-0.3, -0.25) is 4.72 Å². The molecule has 3 aromatic rings. The lowest BCUT2D eigenvalue weighted by Crippen LogP contribution is -2.13. The van der Waals surface area contributed by atoms with Crippen LogP contribution in [0.4, 0.5) is 11.4 Å². The molecule has 3 rings (SSSR count). The number of rotatable bonds is 3. The molecular formula is C16H12ClN3O2S2. The van der Waals surface area contributed by atoms with Gasteiger partial charge in [0.1, 0.15) is 4.83 Å². The van der Waals surface area contributed by atoms with Crippen molar-refractivity contribution in [3.05, 3.63) is 57.3 Å². The van der Waals surface area contributed by atoms with E-state index in [1.54, 1.807) is 25.1 Å². The van der Waals surface area contributed by atoms with Gasteiger partial charge < -0.3 is 0 Å². The quantitative estimate of drug-likeness (QED) is 0.659. The van der Waals surface area contributed by atoms with E-state index in [1.807, 2.05) is 6.92 Å². The van der Waals surface area contributed by atoms with Crippen LogP contribution in [0.1, 0.15) is 10.6 Å². The molecule has 8 heteroatoms. The van der Waals surface area contributed by atoms with Crippen LogP contribution in [0.5, 0.6) is 0 Å². The Morgan fingerprint density at radius 1 is 1.29 bits per heavy atom. The summed E-state index contributed by atoms with van der Waals surface area (Å²) >= 11 is 7.26. The lowest BCUT2D eigenvalue weighted by molar-refractivity contribution is 0.601. The SMILES string of the molecule is [C-]#[N+]c1c(C)sc2nc(C)cc(NS(=O)(=O)c3cccc(Cl)c3)c12. The first-order valence-electron chi connectivity index (χ1n) is 6.88. The molecule has 0 atom stereocenters. The summed E-state index contributed by atoms with van der Waals surface area (Å²) < 4.78 is 27.9. The van der Waals surface area contributed by atoms with Gasteiger partial charge in [-0.15, -0.1) is 11.3 Å². The molecule has 1 N–H and O–H groups in total. The molecule has 0 unspecified atom stereocenters. The van der Waals surface area contributed by atoms with Crippen LogP contribution in [0.15, 0.2) is 35.2 Å². The summed E-state index contributed by atoms with van der Waals surface area (Å²) in [6.45, 7) is 11.0. The van der Waals surface area contributed by atoms with Crippen LogP contribution < -0.4 is 4.72 Å². The van der Waals surface area contributed by atoms with Crippen LogP contribution >= 0.6 is 22.9 Å². The Morgan fingerprint density at radius 2 is 2.04 bits per heavy atom. The fourth-order valence-corrected chi connectivity index (χ4v) is 4.77. The predicted molar refractivity (Wildman–Crippen MR) is 97.6 cm³/mol. The maximum atomic E-state index is 12.7. The molecule has 0 saturated heterocycles. The maximum absolute atomic E-state index is 12.7. The van der Waals surface area contributed by atoms with Gasteiger partial charge in [-0.25, -0.2) is 18.2 Å². The van der Waals surface area contributed by atoms with Gasteiger partial charge in [-0.1, -0.05) is 17.7 Å². The molecule has 0 aliphatic rings. The lowest BCUT2D eigenvalue weighted by atomic mass is 10.2. The Bertz CT molecular complexity index is 1100. The molecule has 0 fully saturated rings. The second kappa shape index (κ2) is 6.06. The Morgan fingerprint density at radius 3 is 2.71 bits per heavy atom. The number of thiophene rings is 1. The second-order valence-electron chi connectivity index (χ2n) is 5.17. The first-order valence-corrected chi connectivity index (χ1v) is 9.56. The van der Waals surface area contributed by atoms with Crippen molar-refractivity contribution >= 4 is 54.6 Å². The highest BCUT2D eigenvalue weighted by Crippen LogP contribution is 2.41. The number of sulfonamides is 1. The number of nitrogens with one attached hydrogen (secondary N) is 1. The number of nitrogens with zero attached hydrogens (tertiary/aromatic N) is 2. The summed E-state index contributed by atoms with van der Waals surface area (Å²) in [6.07, 6.45) is 0. The number of hydrogen-bond donors (Lipinski definition) is 1. The first kappa shape index (κ1) is 16.7. The number of pyridine rings is 1. The topological polar surface area (TPSA) is 63.4 Å². The highest BCUT2D eigenvalue weighted by molar-refractivity contribution is 7.92. The van der Waals surface area contributed by atoms with E-state index in [9.17, 15) is 8.42 Å². The van der Waals surface area contributed by atoms with Gasteiger partial charge >= 0.3 is 0 Å². The van der Waals surface area contributed by atoms with Crippen LogP contribution in [0.3, 0.4) is 0 Å². The normalized spacial score (nSPS) is 11.4.